The fourth-order valence-corrected chi connectivity index (χ4v) is 1.37. The van der Waals surface area contributed by atoms with Crippen LogP contribution in [0, 0.1) is 0 Å². The van der Waals surface area contributed by atoms with E-state index in [1.807, 2.05) is 41.8 Å². The Balaban J connectivity index is 4.01. The van der Waals surface area contributed by atoms with E-state index in [1.54, 1.807) is 0 Å². The molecule has 0 aliphatic rings. The maximum atomic E-state index is 11.9. The quantitative estimate of drug-likeness (QED) is 0.663. The maximum Gasteiger partial charge on any atom is 0.237 e. The molecule has 1 amide bonds. The molecule has 0 bridgehead atoms. The van der Waals surface area contributed by atoms with Gasteiger partial charge in [0.15, 0.2) is 0 Å². The summed E-state index contributed by atoms with van der Waals surface area (Å²) in [5, 5.41) is 6.10. The highest BCUT2D eigenvalue weighted by Gasteiger charge is 2.21. The van der Waals surface area contributed by atoms with Gasteiger partial charge in [0.2, 0.25) is 5.91 Å². The fourth-order valence-electron chi connectivity index (χ4n) is 1.37. The standard InChI is InChI=1S/C12H27N3O/c1-10(11(16)14-12(2,3)4)15(6)9-7-8-13-5/h10,13H,7-9H2,1-6H3,(H,14,16). The van der Waals surface area contributed by atoms with E-state index in [9.17, 15) is 4.79 Å². The van der Waals surface area contributed by atoms with Gasteiger partial charge in [-0.3, -0.25) is 9.69 Å². The Labute approximate surface area is 99.8 Å². The van der Waals surface area contributed by atoms with Crippen LogP contribution in [0.3, 0.4) is 0 Å². The molecular weight excluding hydrogens is 202 g/mol. The molecule has 0 aromatic heterocycles. The molecule has 0 rings (SSSR count). The molecule has 4 heteroatoms. The zero-order valence-electron chi connectivity index (χ0n) is 11.6. The highest BCUT2D eigenvalue weighted by molar-refractivity contribution is 5.81. The summed E-state index contributed by atoms with van der Waals surface area (Å²) >= 11 is 0. The molecule has 0 aromatic rings. The lowest BCUT2D eigenvalue weighted by Crippen LogP contribution is -2.50. The summed E-state index contributed by atoms with van der Waals surface area (Å²) in [6.45, 7) is 9.85. The third kappa shape index (κ3) is 6.80. The van der Waals surface area contributed by atoms with E-state index in [4.69, 9.17) is 0 Å². The molecule has 96 valence electrons. The van der Waals surface area contributed by atoms with Crippen molar-refractivity contribution in [1.29, 1.82) is 0 Å². The third-order valence-electron chi connectivity index (χ3n) is 2.48. The third-order valence-corrected chi connectivity index (χ3v) is 2.48. The van der Waals surface area contributed by atoms with Crippen LogP contribution in [-0.2, 0) is 4.79 Å². The lowest BCUT2D eigenvalue weighted by molar-refractivity contribution is -0.126. The monoisotopic (exact) mass is 229 g/mol. The number of carbonyl (C=O) groups excluding carboxylic acids is 1. The number of nitrogens with zero attached hydrogens (tertiary/aromatic N) is 1. The number of rotatable bonds is 6. The molecular formula is C12H27N3O. The van der Waals surface area contributed by atoms with Gasteiger partial charge in [0.05, 0.1) is 6.04 Å². The average Bonchev–Trinajstić information content (AvgIpc) is 2.14. The van der Waals surface area contributed by atoms with E-state index >= 15 is 0 Å². The van der Waals surface area contributed by atoms with Crippen LogP contribution >= 0.6 is 0 Å². The largest absolute Gasteiger partial charge is 0.350 e. The molecule has 0 heterocycles. The Bertz CT molecular complexity index is 211. The van der Waals surface area contributed by atoms with E-state index in [0.717, 1.165) is 19.5 Å². The van der Waals surface area contributed by atoms with Gasteiger partial charge in [-0.2, -0.15) is 0 Å². The SMILES string of the molecule is CNCCCN(C)C(C)C(=O)NC(C)(C)C. The second-order valence-corrected chi connectivity index (χ2v) is 5.35. The Kier molecular flexibility index (Phi) is 6.60. The molecule has 0 saturated carbocycles. The average molecular weight is 229 g/mol. The highest BCUT2D eigenvalue weighted by Crippen LogP contribution is 2.03. The number of hydrogen-bond acceptors (Lipinski definition) is 3. The van der Waals surface area contributed by atoms with Crippen LogP contribution in [0.1, 0.15) is 34.1 Å². The summed E-state index contributed by atoms with van der Waals surface area (Å²) < 4.78 is 0. The molecule has 16 heavy (non-hydrogen) atoms. The van der Waals surface area contributed by atoms with Gasteiger partial charge in [-0.1, -0.05) is 0 Å². The van der Waals surface area contributed by atoms with Crippen molar-refractivity contribution >= 4 is 5.91 Å². The number of carbonyl (C=O) groups is 1. The van der Waals surface area contributed by atoms with Gasteiger partial charge < -0.3 is 10.6 Å². The van der Waals surface area contributed by atoms with Crippen molar-refractivity contribution in [2.45, 2.75) is 45.7 Å². The van der Waals surface area contributed by atoms with E-state index in [0.29, 0.717) is 0 Å². The van der Waals surface area contributed by atoms with Crippen molar-refractivity contribution in [1.82, 2.24) is 15.5 Å². The summed E-state index contributed by atoms with van der Waals surface area (Å²) in [7, 11) is 3.93. The number of hydrogen-bond donors (Lipinski definition) is 2. The molecule has 0 aliphatic heterocycles. The van der Waals surface area contributed by atoms with Crippen molar-refractivity contribution in [2.75, 3.05) is 27.2 Å². The molecule has 1 unspecified atom stereocenters. The number of nitrogens with one attached hydrogen (secondary N) is 2. The topological polar surface area (TPSA) is 44.4 Å². The molecule has 0 saturated heterocycles. The lowest BCUT2D eigenvalue weighted by Gasteiger charge is -2.28. The van der Waals surface area contributed by atoms with E-state index < -0.39 is 0 Å². The van der Waals surface area contributed by atoms with E-state index in [2.05, 4.69) is 15.5 Å². The molecule has 0 aliphatic carbocycles. The van der Waals surface area contributed by atoms with E-state index in [1.165, 1.54) is 0 Å². The first kappa shape index (κ1) is 15.4. The zero-order chi connectivity index (χ0) is 12.8. The molecule has 0 aromatic carbocycles. The Morgan fingerprint density at radius 3 is 2.38 bits per heavy atom. The van der Waals surface area contributed by atoms with Crippen LogP contribution < -0.4 is 10.6 Å². The van der Waals surface area contributed by atoms with Gasteiger partial charge in [0, 0.05) is 5.54 Å². The van der Waals surface area contributed by atoms with Crippen LogP contribution in [0.4, 0.5) is 0 Å². The van der Waals surface area contributed by atoms with Crippen LogP contribution in [0.15, 0.2) is 0 Å². The highest BCUT2D eigenvalue weighted by atomic mass is 16.2. The van der Waals surface area contributed by atoms with Gasteiger partial charge in [0.25, 0.3) is 0 Å². The van der Waals surface area contributed by atoms with Crippen LogP contribution in [-0.4, -0.2) is 49.6 Å². The normalized spacial score (nSPS) is 13.9. The maximum absolute atomic E-state index is 11.9. The first-order valence-corrected chi connectivity index (χ1v) is 5.95. The summed E-state index contributed by atoms with van der Waals surface area (Å²) in [5.74, 6) is 0.0967. The molecule has 2 N–H and O–H groups in total. The summed E-state index contributed by atoms with van der Waals surface area (Å²) in [5.41, 5.74) is -0.156. The molecule has 4 nitrogen and oxygen atoms in total. The minimum Gasteiger partial charge on any atom is -0.350 e. The Hall–Kier alpha value is -0.610. The van der Waals surface area contributed by atoms with Crippen LogP contribution in [0.2, 0.25) is 0 Å². The molecule has 0 radical (unpaired) electrons. The Morgan fingerprint density at radius 1 is 1.38 bits per heavy atom. The molecule has 0 spiro atoms. The van der Waals surface area contributed by atoms with Crippen molar-refractivity contribution in [2.24, 2.45) is 0 Å². The van der Waals surface area contributed by atoms with Gasteiger partial charge in [-0.25, -0.2) is 0 Å². The second-order valence-electron chi connectivity index (χ2n) is 5.35. The summed E-state index contributed by atoms with van der Waals surface area (Å²) in [4.78, 5) is 13.9. The summed E-state index contributed by atoms with van der Waals surface area (Å²) in [6.07, 6.45) is 1.06. The van der Waals surface area contributed by atoms with Crippen LogP contribution in [0.5, 0.6) is 0 Å². The second kappa shape index (κ2) is 6.86. The zero-order valence-corrected chi connectivity index (χ0v) is 11.6. The summed E-state index contributed by atoms with van der Waals surface area (Å²) in [6, 6.07) is -0.0731. The minimum absolute atomic E-state index is 0.0731. The Morgan fingerprint density at radius 2 is 1.94 bits per heavy atom. The van der Waals surface area contributed by atoms with Crippen molar-refractivity contribution < 1.29 is 4.79 Å². The molecule has 0 fully saturated rings. The van der Waals surface area contributed by atoms with Crippen molar-refractivity contribution in [3.05, 3.63) is 0 Å². The van der Waals surface area contributed by atoms with Crippen molar-refractivity contribution in [3.8, 4) is 0 Å². The van der Waals surface area contributed by atoms with Gasteiger partial charge >= 0.3 is 0 Å². The van der Waals surface area contributed by atoms with Gasteiger partial charge in [0.1, 0.15) is 0 Å². The smallest absolute Gasteiger partial charge is 0.237 e. The van der Waals surface area contributed by atoms with Gasteiger partial charge in [-0.05, 0) is 61.3 Å². The first-order valence-electron chi connectivity index (χ1n) is 5.95. The predicted molar refractivity (Wildman–Crippen MR) is 68.5 cm³/mol. The van der Waals surface area contributed by atoms with E-state index in [-0.39, 0.29) is 17.5 Å². The van der Waals surface area contributed by atoms with Crippen LogP contribution in [0.25, 0.3) is 0 Å². The first-order chi connectivity index (χ1) is 7.28. The number of amides is 1. The van der Waals surface area contributed by atoms with Crippen molar-refractivity contribution in [3.63, 3.8) is 0 Å². The fraction of sp³-hybridized carbons (Fsp3) is 0.917. The van der Waals surface area contributed by atoms with Gasteiger partial charge in [-0.15, -0.1) is 0 Å². The molecule has 1 atom stereocenters. The predicted octanol–water partition coefficient (Wildman–Crippen LogP) is 0.831. The lowest BCUT2D eigenvalue weighted by atomic mass is 10.1. The minimum atomic E-state index is -0.156. The number of likely N-dealkylation sites (N-methyl/N-ethyl adjacent to an activating group) is 1.